The van der Waals surface area contributed by atoms with Gasteiger partial charge in [-0.2, -0.15) is 0 Å². The van der Waals surface area contributed by atoms with Gasteiger partial charge in [-0.3, -0.25) is 14.9 Å². The Bertz CT molecular complexity index is 1030. The molecule has 3 aromatic rings. The van der Waals surface area contributed by atoms with Crippen LogP contribution in [0.1, 0.15) is 23.2 Å². The quantitative estimate of drug-likeness (QED) is 0.635. The van der Waals surface area contributed by atoms with Crippen molar-refractivity contribution in [2.75, 3.05) is 23.0 Å². The van der Waals surface area contributed by atoms with Crippen LogP contribution in [-0.2, 0) is 4.79 Å². The number of amides is 2. The van der Waals surface area contributed by atoms with Crippen molar-refractivity contribution in [2.24, 2.45) is 0 Å². The molecule has 0 saturated carbocycles. The van der Waals surface area contributed by atoms with Crippen LogP contribution in [0.25, 0.3) is 11.3 Å². The van der Waals surface area contributed by atoms with Crippen LogP contribution in [0.3, 0.4) is 0 Å². The van der Waals surface area contributed by atoms with Gasteiger partial charge < -0.3 is 4.90 Å². The summed E-state index contributed by atoms with van der Waals surface area (Å²) in [7, 11) is 0. The summed E-state index contributed by atoms with van der Waals surface area (Å²) in [6.45, 7) is 0.754. The molecule has 0 unspecified atom stereocenters. The minimum absolute atomic E-state index is 0.157. The molecule has 1 aliphatic heterocycles. The van der Waals surface area contributed by atoms with E-state index in [0.717, 1.165) is 29.9 Å². The van der Waals surface area contributed by atoms with Crippen molar-refractivity contribution in [3.05, 3.63) is 53.5 Å². The first kappa shape index (κ1) is 18.6. The largest absolute Gasteiger partial charge is 0.312 e. The average molecular weight is 411 g/mol. The normalized spacial score (nSPS) is 13.8. The van der Waals surface area contributed by atoms with Crippen LogP contribution < -0.4 is 10.2 Å². The van der Waals surface area contributed by atoms with Crippen LogP contribution in [0.4, 0.5) is 10.8 Å². The van der Waals surface area contributed by atoms with Gasteiger partial charge in [-0.05, 0) is 36.9 Å². The molecule has 1 fully saturated rings. The third-order valence-electron chi connectivity index (χ3n) is 4.46. The minimum Gasteiger partial charge on any atom is -0.312 e. The van der Waals surface area contributed by atoms with Crippen molar-refractivity contribution in [2.45, 2.75) is 17.9 Å². The van der Waals surface area contributed by atoms with Gasteiger partial charge in [0.05, 0.1) is 11.3 Å². The number of carbonyl (C=O) groups is 2. The monoisotopic (exact) mass is 410 g/mol. The van der Waals surface area contributed by atoms with E-state index in [1.54, 1.807) is 18.3 Å². The van der Waals surface area contributed by atoms with Gasteiger partial charge in [-0.1, -0.05) is 12.1 Å². The van der Waals surface area contributed by atoms with E-state index in [-0.39, 0.29) is 11.8 Å². The molecular formula is C20H18N4O2S2. The first-order valence-electron chi connectivity index (χ1n) is 8.82. The standard InChI is InChI=1S/C20H18N4O2S2/c1-27-19-15(7-3-9-21-19)18(26)23-20-22-16(12-28-20)13-5-2-6-14(11-13)24-10-4-8-17(24)25/h2-3,5-7,9,11-12H,4,8,10H2,1H3,(H,22,23,26). The highest BCUT2D eigenvalue weighted by atomic mass is 32.2. The fourth-order valence-corrected chi connectivity index (χ4v) is 4.37. The second-order valence-corrected chi connectivity index (χ2v) is 7.90. The third-order valence-corrected chi connectivity index (χ3v) is 5.93. The minimum atomic E-state index is -0.227. The fourth-order valence-electron chi connectivity index (χ4n) is 3.11. The average Bonchev–Trinajstić information content (AvgIpc) is 3.37. The molecule has 1 N–H and O–H groups in total. The molecule has 4 rings (SSSR count). The molecule has 1 saturated heterocycles. The number of rotatable bonds is 5. The molecule has 2 aromatic heterocycles. The number of benzene rings is 1. The van der Waals surface area contributed by atoms with E-state index < -0.39 is 0 Å². The maximum absolute atomic E-state index is 12.6. The molecule has 8 heteroatoms. The lowest BCUT2D eigenvalue weighted by Crippen LogP contribution is -2.23. The smallest absolute Gasteiger partial charge is 0.260 e. The number of thiazole rings is 1. The number of hydrogen-bond acceptors (Lipinski definition) is 6. The Hall–Kier alpha value is -2.71. The predicted molar refractivity (Wildman–Crippen MR) is 113 cm³/mol. The second kappa shape index (κ2) is 8.12. The Morgan fingerprint density at radius 3 is 2.96 bits per heavy atom. The number of hydrogen-bond donors (Lipinski definition) is 1. The van der Waals surface area contributed by atoms with Crippen LogP contribution >= 0.6 is 23.1 Å². The fraction of sp³-hybridized carbons (Fsp3) is 0.200. The predicted octanol–water partition coefficient (Wildman–Crippen LogP) is 4.31. The van der Waals surface area contributed by atoms with Gasteiger partial charge in [0.1, 0.15) is 5.03 Å². The van der Waals surface area contributed by atoms with Gasteiger partial charge in [0.2, 0.25) is 5.91 Å². The van der Waals surface area contributed by atoms with E-state index in [0.29, 0.717) is 22.1 Å². The summed E-state index contributed by atoms with van der Waals surface area (Å²) in [5, 5.41) is 5.96. The Kier molecular flexibility index (Phi) is 5.40. The molecule has 0 spiro atoms. The van der Waals surface area contributed by atoms with Gasteiger partial charge in [0.15, 0.2) is 5.13 Å². The van der Waals surface area contributed by atoms with Gasteiger partial charge in [0, 0.05) is 35.8 Å². The summed E-state index contributed by atoms with van der Waals surface area (Å²) in [6.07, 6.45) is 5.05. The molecule has 0 atom stereocenters. The van der Waals surface area contributed by atoms with Crippen molar-refractivity contribution in [3.8, 4) is 11.3 Å². The van der Waals surface area contributed by atoms with E-state index >= 15 is 0 Å². The summed E-state index contributed by atoms with van der Waals surface area (Å²) >= 11 is 2.80. The van der Waals surface area contributed by atoms with Crippen molar-refractivity contribution in [1.82, 2.24) is 9.97 Å². The van der Waals surface area contributed by atoms with Crippen molar-refractivity contribution < 1.29 is 9.59 Å². The lowest BCUT2D eigenvalue weighted by atomic mass is 10.1. The van der Waals surface area contributed by atoms with Gasteiger partial charge >= 0.3 is 0 Å². The summed E-state index contributed by atoms with van der Waals surface area (Å²) in [5.74, 6) is -0.0702. The highest BCUT2D eigenvalue weighted by Crippen LogP contribution is 2.30. The van der Waals surface area contributed by atoms with E-state index in [1.165, 1.54) is 23.1 Å². The summed E-state index contributed by atoms with van der Waals surface area (Å²) in [4.78, 5) is 35.1. The molecule has 142 valence electrons. The van der Waals surface area contributed by atoms with Gasteiger partial charge in [0.25, 0.3) is 5.91 Å². The molecule has 0 bridgehead atoms. The number of nitrogens with one attached hydrogen (secondary N) is 1. The van der Waals surface area contributed by atoms with E-state index in [2.05, 4.69) is 15.3 Å². The maximum atomic E-state index is 12.6. The third kappa shape index (κ3) is 3.79. The van der Waals surface area contributed by atoms with Crippen molar-refractivity contribution >= 4 is 45.7 Å². The molecule has 1 aromatic carbocycles. The van der Waals surface area contributed by atoms with E-state index in [9.17, 15) is 9.59 Å². The van der Waals surface area contributed by atoms with Gasteiger partial charge in [-0.25, -0.2) is 9.97 Å². The first-order valence-corrected chi connectivity index (χ1v) is 10.9. The number of nitrogens with zero attached hydrogens (tertiary/aromatic N) is 3. The number of aromatic nitrogens is 2. The lowest BCUT2D eigenvalue weighted by molar-refractivity contribution is -0.117. The SMILES string of the molecule is CSc1ncccc1C(=O)Nc1nc(-c2cccc(N3CCCC3=O)c2)cs1. The molecule has 0 radical (unpaired) electrons. The Morgan fingerprint density at radius 1 is 1.29 bits per heavy atom. The zero-order chi connectivity index (χ0) is 19.5. The molecule has 2 amide bonds. The summed E-state index contributed by atoms with van der Waals surface area (Å²) < 4.78 is 0. The van der Waals surface area contributed by atoms with Crippen molar-refractivity contribution in [1.29, 1.82) is 0 Å². The molecule has 3 heterocycles. The molecular weight excluding hydrogens is 392 g/mol. The van der Waals surface area contributed by atoms with Gasteiger partial charge in [-0.15, -0.1) is 23.1 Å². The number of thioether (sulfide) groups is 1. The van der Waals surface area contributed by atoms with Crippen LogP contribution in [0.2, 0.25) is 0 Å². The highest BCUT2D eigenvalue weighted by Gasteiger charge is 2.22. The Labute approximate surface area is 171 Å². The maximum Gasteiger partial charge on any atom is 0.260 e. The summed E-state index contributed by atoms with van der Waals surface area (Å²) in [6, 6.07) is 11.3. The highest BCUT2D eigenvalue weighted by molar-refractivity contribution is 7.98. The van der Waals surface area contributed by atoms with Crippen LogP contribution in [0.5, 0.6) is 0 Å². The Balaban J connectivity index is 1.53. The molecule has 6 nitrogen and oxygen atoms in total. The van der Waals surface area contributed by atoms with Crippen LogP contribution in [0, 0.1) is 0 Å². The molecule has 0 aliphatic carbocycles. The van der Waals surface area contributed by atoms with Crippen LogP contribution in [-0.4, -0.2) is 34.6 Å². The van der Waals surface area contributed by atoms with E-state index in [4.69, 9.17) is 0 Å². The Morgan fingerprint density at radius 2 is 2.18 bits per heavy atom. The molecule has 28 heavy (non-hydrogen) atoms. The topological polar surface area (TPSA) is 75.2 Å². The number of anilines is 2. The molecule has 1 aliphatic rings. The van der Waals surface area contributed by atoms with Crippen molar-refractivity contribution in [3.63, 3.8) is 0 Å². The zero-order valence-electron chi connectivity index (χ0n) is 15.2. The number of pyridine rings is 1. The van der Waals surface area contributed by atoms with E-state index in [1.807, 2.05) is 40.8 Å². The summed E-state index contributed by atoms with van der Waals surface area (Å²) in [5.41, 5.74) is 3.10. The zero-order valence-corrected chi connectivity index (χ0v) is 16.8. The first-order chi connectivity index (χ1) is 13.7. The lowest BCUT2D eigenvalue weighted by Gasteiger charge is -2.16. The number of carbonyl (C=O) groups excluding carboxylic acids is 2. The second-order valence-electron chi connectivity index (χ2n) is 6.25. The van der Waals surface area contributed by atoms with Crippen LogP contribution in [0.15, 0.2) is 53.0 Å².